The third-order valence-corrected chi connectivity index (χ3v) is 4.76. The number of rotatable bonds is 1. The summed E-state index contributed by atoms with van der Waals surface area (Å²) in [5, 5.41) is 1.60. The molecule has 0 atom stereocenters. The molecule has 2 aromatic heterocycles. The number of aromatic nitrogens is 2. The van der Waals surface area contributed by atoms with E-state index >= 15 is 0 Å². The molecule has 20 heavy (non-hydrogen) atoms. The summed E-state index contributed by atoms with van der Waals surface area (Å²) in [5.41, 5.74) is 1.32. The molecular weight excluding hydrogens is 318 g/mol. The minimum atomic E-state index is -0.421. The number of hydrogen-bond acceptors (Lipinski definition) is 3. The fourth-order valence-electron chi connectivity index (χ4n) is 1.99. The first-order chi connectivity index (χ1) is 9.47. The van der Waals surface area contributed by atoms with E-state index in [-0.39, 0.29) is 11.4 Å². The van der Waals surface area contributed by atoms with E-state index in [0.717, 1.165) is 20.7 Å². The molecule has 3 aromatic rings. The van der Waals surface area contributed by atoms with Crippen molar-refractivity contribution < 1.29 is 4.39 Å². The van der Waals surface area contributed by atoms with Crippen molar-refractivity contribution in [3.05, 3.63) is 44.6 Å². The van der Waals surface area contributed by atoms with Crippen LogP contribution < -0.4 is 0 Å². The number of hydrogen-bond donors (Lipinski definition) is 0. The van der Waals surface area contributed by atoms with Gasteiger partial charge in [-0.05, 0) is 37.6 Å². The van der Waals surface area contributed by atoms with Gasteiger partial charge >= 0.3 is 0 Å². The molecule has 3 rings (SSSR count). The Labute approximate surface area is 129 Å². The fraction of sp³-hybridized carbons (Fsp3) is 0.143. The van der Waals surface area contributed by atoms with Gasteiger partial charge in [-0.25, -0.2) is 14.4 Å². The summed E-state index contributed by atoms with van der Waals surface area (Å²) in [7, 11) is 0. The van der Waals surface area contributed by atoms with Crippen LogP contribution in [0.2, 0.25) is 10.2 Å². The average molecular weight is 327 g/mol. The molecule has 0 fully saturated rings. The highest BCUT2D eigenvalue weighted by Crippen LogP contribution is 2.35. The van der Waals surface area contributed by atoms with Crippen molar-refractivity contribution in [1.82, 2.24) is 9.97 Å². The van der Waals surface area contributed by atoms with Crippen LogP contribution in [-0.2, 0) is 0 Å². The number of nitrogens with zero attached hydrogens (tertiary/aromatic N) is 2. The number of aryl methyl sites for hydroxylation is 2. The quantitative estimate of drug-likeness (QED) is 0.558. The van der Waals surface area contributed by atoms with Crippen LogP contribution in [0.15, 0.2) is 18.2 Å². The van der Waals surface area contributed by atoms with E-state index in [1.54, 1.807) is 0 Å². The van der Waals surface area contributed by atoms with Crippen molar-refractivity contribution in [2.75, 3.05) is 0 Å². The minimum absolute atomic E-state index is 0.253. The van der Waals surface area contributed by atoms with Gasteiger partial charge in [0.25, 0.3) is 0 Å². The summed E-state index contributed by atoms with van der Waals surface area (Å²) in [5.74, 6) is -0.168. The Hall–Kier alpha value is -1.23. The number of fused-ring (bicyclic) bond motifs is 1. The summed E-state index contributed by atoms with van der Waals surface area (Å²) < 4.78 is 13.9. The molecule has 0 unspecified atom stereocenters. The van der Waals surface area contributed by atoms with Crippen molar-refractivity contribution in [3.63, 3.8) is 0 Å². The van der Waals surface area contributed by atoms with E-state index in [1.807, 2.05) is 13.8 Å². The van der Waals surface area contributed by atoms with Crippen LogP contribution in [0.25, 0.3) is 21.6 Å². The van der Waals surface area contributed by atoms with Crippen LogP contribution in [-0.4, -0.2) is 9.97 Å². The van der Waals surface area contributed by atoms with Gasteiger partial charge in [-0.2, -0.15) is 0 Å². The molecule has 0 amide bonds. The van der Waals surface area contributed by atoms with Crippen LogP contribution in [0.5, 0.6) is 0 Å². The van der Waals surface area contributed by atoms with Crippen LogP contribution in [0, 0.1) is 19.7 Å². The van der Waals surface area contributed by atoms with Crippen molar-refractivity contribution in [2.45, 2.75) is 13.8 Å². The highest BCUT2D eigenvalue weighted by Gasteiger charge is 2.16. The predicted octanol–water partition coefficient (Wildman–Crippen LogP) is 5.42. The second-order valence-corrected chi connectivity index (χ2v) is 6.42. The molecule has 0 bridgehead atoms. The monoisotopic (exact) mass is 326 g/mol. The lowest BCUT2D eigenvalue weighted by atomic mass is 10.2. The van der Waals surface area contributed by atoms with E-state index in [4.69, 9.17) is 23.2 Å². The highest BCUT2D eigenvalue weighted by molar-refractivity contribution is 7.18. The largest absolute Gasteiger partial charge is 0.217 e. The second-order valence-electron chi connectivity index (χ2n) is 4.43. The Balaban J connectivity index is 2.30. The predicted molar refractivity (Wildman–Crippen MR) is 82.3 cm³/mol. The zero-order valence-corrected chi connectivity index (χ0v) is 13.0. The molecule has 0 aliphatic heterocycles. The molecule has 0 radical (unpaired) electrons. The van der Waals surface area contributed by atoms with Gasteiger partial charge in [0.05, 0.1) is 10.9 Å². The minimum Gasteiger partial charge on any atom is -0.217 e. The SMILES string of the molecule is Cc1sc2nc(-c3cc(Cl)ccc3F)nc(Cl)c2c1C. The Morgan fingerprint density at radius 1 is 1.15 bits per heavy atom. The average Bonchev–Trinajstić information content (AvgIpc) is 2.68. The summed E-state index contributed by atoms with van der Waals surface area (Å²) in [4.78, 5) is 10.5. The third kappa shape index (κ3) is 2.18. The Morgan fingerprint density at radius 2 is 1.90 bits per heavy atom. The maximum atomic E-state index is 13.9. The molecule has 2 nitrogen and oxygen atoms in total. The normalized spacial score (nSPS) is 11.2. The van der Waals surface area contributed by atoms with Crippen molar-refractivity contribution in [2.24, 2.45) is 0 Å². The first-order valence-electron chi connectivity index (χ1n) is 5.86. The highest BCUT2D eigenvalue weighted by atomic mass is 35.5. The van der Waals surface area contributed by atoms with Crippen molar-refractivity contribution in [1.29, 1.82) is 0 Å². The van der Waals surface area contributed by atoms with Gasteiger partial charge in [0.2, 0.25) is 0 Å². The van der Waals surface area contributed by atoms with Gasteiger partial charge in [0.15, 0.2) is 5.82 Å². The molecule has 0 N–H and O–H groups in total. The summed E-state index contributed by atoms with van der Waals surface area (Å²) in [6, 6.07) is 4.28. The third-order valence-electron chi connectivity index (χ3n) is 3.15. The van der Waals surface area contributed by atoms with E-state index < -0.39 is 5.82 Å². The standard InChI is InChI=1S/C14H9Cl2FN2S/c1-6-7(2)20-14-11(6)12(16)18-13(19-14)9-5-8(15)3-4-10(9)17/h3-5H,1-2H3. The van der Waals surface area contributed by atoms with Gasteiger partial charge in [0.1, 0.15) is 15.8 Å². The van der Waals surface area contributed by atoms with Gasteiger partial charge in [0, 0.05) is 9.90 Å². The smallest absolute Gasteiger partial charge is 0.165 e. The lowest BCUT2D eigenvalue weighted by molar-refractivity contribution is 0.630. The zero-order chi connectivity index (χ0) is 14.4. The van der Waals surface area contributed by atoms with Crippen molar-refractivity contribution >= 4 is 44.8 Å². The van der Waals surface area contributed by atoms with Crippen LogP contribution in [0.3, 0.4) is 0 Å². The van der Waals surface area contributed by atoms with Crippen LogP contribution in [0.1, 0.15) is 10.4 Å². The number of thiophene rings is 1. The molecule has 0 aliphatic rings. The maximum absolute atomic E-state index is 13.9. The first-order valence-corrected chi connectivity index (χ1v) is 7.43. The summed E-state index contributed by atoms with van der Waals surface area (Å²) in [6.45, 7) is 3.97. The lowest BCUT2D eigenvalue weighted by Crippen LogP contribution is -1.93. The molecule has 0 aliphatic carbocycles. The van der Waals surface area contributed by atoms with E-state index in [9.17, 15) is 4.39 Å². The molecule has 2 heterocycles. The first kappa shape index (κ1) is 13.7. The Morgan fingerprint density at radius 3 is 2.65 bits per heavy atom. The van der Waals surface area contributed by atoms with Crippen LogP contribution in [0.4, 0.5) is 4.39 Å². The fourth-order valence-corrected chi connectivity index (χ4v) is 3.56. The Bertz CT molecular complexity index is 830. The van der Waals surface area contributed by atoms with Gasteiger partial charge in [-0.1, -0.05) is 23.2 Å². The van der Waals surface area contributed by atoms with Gasteiger partial charge in [-0.3, -0.25) is 0 Å². The molecule has 0 spiro atoms. The van der Waals surface area contributed by atoms with Gasteiger partial charge < -0.3 is 0 Å². The van der Waals surface area contributed by atoms with Gasteiger partial charge in [-0.15, -0.1) is 11.3 Å². The van der Waals surface area contributed by atoms with E-state index in [2.05, 4.69) is 9.97 Å². The lowest BCUT2D eigenvalue weighted by Gasteiger charge is -2.04. The second kappa shape index (κ2) is 4.95. The number of halogens is 3. The van der Waals surface area contributed by atoms with Crippen LogP contribution >= 0.6 is 34.5 Å². The zero-order valence-electron chi connectivity index (χ0n) is 10.7. The maximum Gasteiger partial charge on any atom is 0.165 e. The summed E-state index contributed by atoms with van der Waals surface area (Å²) >= 11 is 13.6. The summed E-state index contributed by atoms with van der Waals surface area (Å²) in [6.07, 6.45) is 0. The molecule has 102 valence electrons. The van der Waals surface area contributed by atoms with Crippen molar-refractivity contribution in [3.8, 4) is 11.4 Å². The topological polar surface area (TPSA) is 25.8 Å². The molecule has 6 heteroatoms. The molecule has 0 saturated heterocycles. The molecule has 0 saturated carbocycles. The number of benzene rings is 1. The molecular formula is C14H9Cl2FN2S. The van der Waals surface area contributed by atoms with E-state index in [1.165, 1.54) is 29.5 Å². The Kier molecular flexibility index (Phi) is 3.40. The van der Waals surface area contributed by atoms with E-state index in [0.29, 0.717) is 10.2 Å². The molecule has 1 aromatic carbocycles.